The number of halogens is 1. The van der Waals surface area contributed by atoms with Gasteiger partial charge in [-0.3, -0.25) is 4.90 Å². The maximum absolute atomic E-state index is 13.2. The Morgan fingerprint density at radius 3 is 2.96 bits per heavy atom. The fraction of sp³-hybridized carbons (Fsp3) is 0.316. The van der Waals surface area contributed by atoms with Gasteiger partial charge in [-0.15, -0.1) is 0 Å². The van der Waals surface area contributed by atoms with E-state index in [0.717, 1.165) is 19.6 Å². The fourth-order valence-corrected chi connectivity index (χ4v) is 3.07. The smallest absolute Gasteiger partial charge is 0.295 e. The van der Waals surface area contributed by atoms with Gasteiger partial charge < -0.3 is 14.5 Å². The first-order valence-corrected chi connectivity index (χ1v) is 8.44. The molecule has 2 aromatic carbocycles. The number of anilines is 1. The largest absolute Gasteiger partial charge is 0.424 e. The van der Waals surface area contributed by atoms with Crippen LogP contribution >= 0.6 is 0 Å². The molecule has 0 saturated carbocycles. The summed E-state index contributed by atoms with van der Waals surface area (Å²) in [5.74, 6) is -0.320. The fourth-order valence-electron chi connectivity index (χ4n) is 3.07. The molecule has 5 nitrogen and oxygen atoms in total. The Morgan fingerprint density at radius 2 is 2.08 bits per heavy atom. The molecule has 4 rings (SSSR count). The van der Waals surface area contributed by atoms with Crippen molar-refractivity contribution in [3.8, 4) is 0 Å². The van der Waals surface area contributed by atoms with Gasteiger partial charge in [-0.2, -0.15) is 4.98 Å². The first kappa shape index (κ1) is 16.1. The molecule has 1 fully saturated rings. The molecule has 1 atom stereocenters. The van der Waals surface area contributed by atoms with Gasteiger partial charge in [0.05, 0.1) is 12.7 Å². The van der Waals surface area contributed by atoms with E-state index in [4.69, 9.17) is 9.15 Å². The summed E-state index contributed by atoms with van der Waals surface area (Å²) in [4.78, 5) is 6.64. The zero-order valence-electron chi connectivity index (χ0n) is 13.8. The third-order valence-electron chi connectivity index (χ3n) is 4.30. The lowest BCUT2D eigenvalue weighted by Crippen LogP contribution is -2.44. The lowest BCUT2D eigenvalue weighted by Gasteiger charge is -2.32. The summed E-state index contributed by atoms with van der Waals surface area (Å²) < 4.78 is 24.6. The molecule has 25 heavy (non-hydrogen) atoms. The average molecular weight is 341 g/mol. The van der Waals surface area contributed by atoms with E-state index in [1.54, 1.807) is 6.07 Å². The van der Waals surface area contributed by atoms with Crippen LogP contribution in [0.5, 0.6) is 0 Å². The molecule has 1 aliphatic heterocycles. The zero-order valence-corrected chi connectivity index (χ0v) is 13.8. The standard InChI is InChI=1S/C19H20FN3O2/c20-15-6-7-18-17(10-15)22-19(25-18)21-11-16-13-23(8-9-24-16)12-14-4-2-1-3-5-14/h1-7,10,16H,8-9,11-13H2,(H,21,22). The third kappa shape index (κ3) is 3.97. The molecule has 0 spiro atoms. The Balaban J connectivity index is 1.34. The monoisotopic (exact) mass is 341 g/mol. The summed E-state index contributed by atoms with van der Waals surface area (Å²) in [5, 5.41) is 3.16. The zero-order chi connectivity index (χ0) is 17.1. The van der Waals surface area contributed by atoms with Crippen molar-refractivity contribution in [1.82, 2.24) is 9.88 Å². The maximum atomic E-state index is 13.2. The number of fused-ring (bicyclic) bond motifs is 1. The average Bonchev–Trinajstić information content (AvgIpc) is 3.03. The number of ether oxygens (including phenoxy) is 1. The van der Waals surface area contributed by atoms with Crippen LogP contribution in [0.25, 0.3) is 11.1 Å². The molecular formula is C19H20FN3O2. The van der Waals surface area contributed by atoms with Crippen molar-refractivity contribution in [2.75, 3.05) is 31.6 Å². The first-order chi connectivity index (χ1) is 12.3. The molecule has 1 unspecified atom stereocenters. The highest BCUT2D eigenvalue weighted by Gasteiger charge is 2.21. The molecule has 130 valence electrons. The Morgan fingerprint density at radius 1 is 1.20 bits per heavy atom. The van der Waals surface area contributed by atoms with Crippen molar-refractivity contribution >= 4 is 17.1 Å². The summed E-state index contributed by atoms with van der Waals surface area (Å²) in [7, 11) is 0. The molecule has 0 bridgehead atoms. The van der Waals surface area contributed by atoms with Crippen LogP contribution in [0.3, 0.4) is 0 Å². The van der Waals surface area contributed by atoms with E-state index in [9.17, 15) is 4.39 Å². The molecule has 1 saturated heterocycles. The van der Waals surface area contributed by atoms with Gasteiger partial charge in [-0.1, -0.05) is 30.3 Å². The predicted octanol–water partition coefficient (Wildman–Crippen LogP) is 3.28. The Kier molecular flexibility index (Phi) is 4.63. The van der Waals surface area contributed by atoms with E-state index in [2.05, 4.69) is 39.5 Å². The molecule has 2 heterocycles. The Bertz CT molecular complexity index is 837. The lowest BCUT2D eigenvalue weighted by atomic mass is 10.2. The van der Waals surface area contributed by atoms with Gasteiger partial charge in [-0.25, -0.2) is 4.39 Å². The number of benzene rings is 2. The minimum atomic E-state index is -0.320. The molecule has 1 aliphatic rings. The number of morpholine rings is 1. The normalized spacial score (nSPS) is 18.5. The highest BCUT2D eigenvalue weighted by Crippen LogP contribution is 2.20. The topological polar surface area (TPSA) is 50.5 Å². The van der Waals surface area contributed by atoms with Crippen molar-refractivity contribution in [2.45, 2.75) is 12.6 Å². The van der Waals surface area contributed by atoms with Crippen molar-refractivity contribution < 1.29 is 13.5 Å². The molecule has 3 aromatic rings. The molecule has 0 amide bonds. The predicted molar refractivity (Wildman–Crippen MR) is 93.9 cm³/mol. The summed E-state index contributed by atoms with van der Waals surface area (Å²) in [6.45, 7) is 3.99. The van der Waals surface area contributed by atoms with Gasteiger partial charge in [0.15, 0.2) is 5.58 Å². The first-order valence-electron chi connectivity index (χ1n) is 8.44. The minimum Gasteiger partial charge on any atom is -0.424 e. The van der Waals surface area contributed by atoms with Gasteiger partial charge in [0.1, 0.15) is 11.3 Å². The maximum Gasteiger partial charge on any atom is 0.295 e. The van der Waals surface area contributed by atoms with Crippen LogP contribution in [-0.2, 0) is 11.3 Å². The van der Waals surface area contributed by atoms with Crippen molar-refractivity contribution in [3.05, 3.63) is 59.9 Å². The van der Waals surface area contributed by atoms with E-state index < -0.39 is 0 Å². The number of hydrogen-bond acceptors (Lipinski definition) is 5. The Hall–Kier alpha value is -2.44. The van der Waals surface area contributed by atoms with Crippen LogP contribution in [0, 0.1) is 5.82 Å². The van der Waals surface area contributed by atoms with E-state index >= 15 is 0 Å². The van der Waals surface area contributed by atoms with Gasteiger partial charge in [-0.05, 0) is 17.7 Å². The molecule has 0 aliphatic carbocycles. The molecule has 6 heteroatoms. The highest BCUT2D eigenvalue weighted by atomic mass is 19.1. The minimum absolute atomic E-state index is 0.0595. The number of rotatable bonds is 5. The summed E-state index contributed by atoms with van der Waals surface area (Å²) in [5.41, 5.74) is 2.38. The van der Waals surface area contributed by atoms with E-state index in [0.29, 0.717) is 30.3 Å². The number of aromatic nitrogens is 1. The van der Waals surface area contributed by atoms with Gasteiger partial charge in [0, 0.05) is 32.2 Å². The van der Waals surface area contributed by atoms with Crippen molar-refractivity contribution in [3.63, 3.8) is 0 Å². The second kappa shape index (κ2) is 7.21. The number of oxazole rings is 1. The molecule has 1 aromatic heterocycles. The van der Waals surface area contributed by atoms with Crippen LogP contribution in [-0.4, -0.2) is 42.2 Å². The summed E-state index contributed by atoms with van der Waals surface area (Å²) >= 11 is 0. The number of nitrogens with one attached hydrogen (secondary N) is 1. The highest BCUT2D eigenvalue weighted by molar-refractivity contribution is 5.74. The van der Waals surface area contributed by atoms with Gasteiger partial charge >= 0.3 is 0 Å². The van der Waals surface area contributed by atoms with Crippen LogP contribution in [0.2, 0.25) is 0 Å². The van der Waals surface area contributed by atoms with Crippen molar-refractivity contribution in [1.29, 1.82) is 0 Å². The lowest BCUT2D eigenvalue weighted by molar-refractivity contribution is -0.0242. The second-order valence-corrected chi connectivity index (χ2v) is 6.23. The quantitative estimate of drug-likeness (QED) is 0.772. The Labute approximate surface area is 145 Å². The number of nitrogens with zero attached hydrogens (tertiary/aromatic N) is 2. The van der Waals surface area contributed by atoms with Gasteiger partial charge in [0.2, 0.25) is 0 Å². The number of hydrogen-bond donors (Lipinski definition) is 1. The van der Waals surface area contributed by atoms with E-state index in [-0.39, 0.29) is 11.9 Å². The molecule has 1 N–H and O–H groups in total. The molecule has 0 radical (unpaired) electrons. The van der Waals surface area contributed by atoms with Crippen molar-refractivity contribution in [2.24, 2.45) is 0 Å². The van der Waals surface area contributed by atoms with E-state index in [1.807, 2.05) is 6.07 Å². The van der Waals surface area contributed by atoms with Crippen LogP contribution in [0.4, 0.5) is 10.4 Å². The second-order valence-electron chi connectivity index (χ2n) is 6.23. The summed E-state index contributed by atoms with van der Waals surface area (Å²) in [6.07, 6.45) is 0.0595. The van der Waals surface area contributed by atoms with Gasteiger partial charge in [0.25, 0.3) is 6.01 Å². The SMILES string of the molecule is Fc1ccc2oc(NCC3CN(Cc4ccccc4)CCO3)nc2c1. The summed E-state index contributed by atoms with van der Waals surface area (Å²) in [6, 6.07) is 15.1. The molecular weight excluding hydrogens is 321 g/mol. The van der Waals surface area contributed by atoms with Crippen LogP contribution in [0.1, 0.15) is 5.56 Å². The van der Waals surface area contributed by atoms with E-state index in [1.165, 1.54) is 17.7 Å². The van der Waals surface area contributed by atoms with Crippen LogP contribution in [0.15, 0.2) is 52.9 Å². The van der Waals surface area contributed by atoms with Crippen LogP contribution < -0.4 is 5.32 Å². The third-order valence-corrected chi connectivity index (χ3v) is 4.30.